The van der Waals surface area contributed by atoms with Crippen LogP contribution in [0.1, 0.15) is 20.5 Å². The summed E-state index contributed by atoms with van der Waals surface area (Å²) in [6.45, 7) is 1.70. The summed E-state index contributed by atoms with van der Waals surface area (Å²) in [4.78, 5) is 19.5. The normalized spacial score (nSPS) is 10.3. The molecule has 0 saturated carbocycles. The predicted molar refractivity (Wildman–Crippen MR) is 86.3 cm³/mol. The average Bonchev–Trinajstić information content (AvgIpc) is 2.97. The summed E-state index contributed by atoms with van der Waals surface area (Å²) in [5, 5.41) is 18.6. The van der Waals surface area contributed by atoms with Gasteiger partial charge in [-0.3, -0.25) is 0 Å². The zero-order valence-corrected chi connectivity index (χ0v) is 13.9. The van der Waals surface area contributed by atoms with E-state index in [-0.39, 0.29) is 14.5 Å². The third kappa shape index (κ3) is 2.93. The first kappa shape index (κ1) is 15.2. The van der Waals surface area contributed by atoms with Crippen LogP contribution in [0.3, 0.4) is 0 Å². The SMILES string of the molecule is Cc1nc(-c2ccc(-c3ccncc3)c(C#N)c2)[se]c1C(=O)O. The minimum absolute atomic E-state index is 0.346. The van der Waals surface area contributed by atoms with Crippen molar-refractivity contribution in [3.05, 3.63) is 58.4 Å². The molecule has 0 amide bonds. The molecule has 2 aromatic heterocycles. The number of carboxylic acids is 1. The molecule has 3 rings (SSSR count). The van der Waals surface area contributed by atoms with Crippen LogP contribution in [-0.2, 0) is 0 Å². The number of nitriles is 1. The van der Waals surface area contributed by atoms with E-state index in [4.69, 9.17) is 5.11 Å². The molecule has 0 bridgehead atoms. The summed E-state index contributed by atoms with van der Waals surface area (Å²) in [5.41, 5.74) is 3.63. The molecule has 112 valence electrons. The number of aromatic carboxylic acids is 1. The van der Waals surface area contributed by atoms with E-state index in [1.165, 1.54) is 0 Å². The van der Waals surface area contributed by atoms with Gasteiger partial charge in [-0.1, -0.05) is 0 Å². The van der Waals surface area contributed by atoms with Gasteiger partial charge < -0.3 is 0 Å². The van der Waals surface area contributed by atoms with E-state index in [1.807, 2.05) is 24.3 Å². The van der Waals surface area contributed by atoms with Gasteiger partial charge in [0.15, 0.2) is 0 Å². The number of carbonyl (C=O) groups is 1. The van der Waals surface area contributed by atoms with Crippen LogP contribution in [0.2, 0.25) is 0 Å². The Kier molecular flexibility index (Phi) is 4.07. The first-order chi connectivity index (χ1) is 11.1. The van der Waals surface area contributed by atoms with Crippen molar-refractivity contribution in [3.8, 4) is 27.3 Å². The van der Waals surface area contributed by atoms with E-state index in [1.54, 1.807) is 25.4 Å². The quantitative estimate of drug-likeness (QED) is 0.719. The van der Waals surface area contributed by atoms with E-state index in [0.29, 0.717) is 15.7 Å². The fourth-order valence-corrected chi connectivity index (χ4v) is 4.16. The van der Waals surface area contributed by atoms with Crippen molar-refractivity contribution in [2.24, 2.45) is 0 Å². The van der Waals surface area contributed by atoms with Gasteiger partial charge >= 0.3 is 138 Å². The van der Waals surface area contributed by atoms with Crippen molar-refractivity contribution < 1.29 is 9.90 Å². The van der Waals surface area contributed by atoms with Crippen LogP contribution < -0.4 is 0 Å². The number of aromatic nitrogens is 2. The molecule has 23 heavy (non-hydrogen) atoms. The van der Waals surface area contributed by atoms with Crippen LogP contribution in [0.15, 0.2) is 42.7 Å². The molecule has 2 heterocycles. The molecule has 0 spiro atoms. The van der Waals surface area contributed by atoms with Gasteiger partial charge in [-0.25, -0.2) is 0 Å². The van der Waals surface area contributed by atoms with Gasteiger partial charge in [-0.15, -0.1) is 0 Å². The summed E-state index contributed by atoms with van der Waals surface area (Å²) < 4.78 is 1.11. The summed E-state index contributed by atoms with van der Waals surface area (Å²) in [7, 11) is 0. The van der Waals surface area contributed by atoms with Crippen LogP contribution in [0.5, 0.6) is 0 Å². The Morgan fingerprint density at radius 3 is 2.57 bits per heavy atom. The van der Waals surface area contributed by atoms with Gasteiger partial charge in [0.2, 0.25) is 0 Å². The Balaban J connectivity index is 2.08. The van der Waals surface area contributed by atoms with Gasteiger partial charge in [0.25, 0.3) is 0 Å². The molecule has 0 saturated heterocycles. The molecule has 6 heteroatoms. The standard InChI is InChI=1S/C17H11N3O2Se/c1-10-15(17(21)22)23-16(20-10)12-2-3-14(13(8-12)9-18)11-4-6-19-7-5-11/h2-8H,1H3,(H,21,22). The second kappa shape index (κ2) is 6.17. The Hall–Kier alpha value is -2.74. The van der Waals surface area contributed by atoms with E-state index < -0.39 is 5.97 Å². The van der Waals surface area contributed by atoms with Crippen LogP contribution in [0.25, 0.3) is 21.3 Å². The molecule has 0 atom stereocenters. The molecule has 0 aliphatic rings. The third-order valence-electron chi connectivity index (χ3n) is 3.37. The minimum atomic E-state index is -0.921. The number of rotatable bonds is 3. The van der Waals surface area contributed by atoms with Gasteiger partial charge in [-0.2, -0.15) is 0 Å². The average molecular weight is 368 g/mol. The zero-order valence-electron chi connectivity index (χ0n) is 12.1. The maximum atomic E-state index is 11.2. The molecule has 0 radical (unpaired) electrons. The second-order valence-electron chi connectivity index (χ2n) is 4.85. The van der Waals surface area contributed by atoms with E-state index in [9.17, 15) is 10.1 Å². The molecular formula is C17H11N3O2Se. The number of pyridine rings is 1. The number of hydrogen-bond donors (Lipinski definition) is 1. The Labute approximate surface area is 138 Å². The zero-order chi connectivity index (χ0) is 16.4. The number of carboxylic acid groups (broad SMARTS) is 1. The van der Waals surface area contributed by atoms with Crippen molar-refractivity contribution in [1.29, 1.82) is 5.26 Å². The monoisotopic (exact) mass is 369 g/mol. The molecule has 0 unspecified atom stereocenters. The van der Waals surface area contributed by atoms with Crippen LogP contribution in [0, 0.1) is 18.3 Å². The molecule has 0 fully saturated rings. The van der Waals surface area contributed by atoms with Crippen LogP contribution in [0.4, 0.5) is 0 Å². The summed E-state index contributed by atoms with van der Waals surface area (Å²) in [6.07, 6.45) is 3.36. The van der Waals surface area contributed by atoms with E-state index >= 15 is 0 Å². The summed E-state index contributed by atoms with van der Waals surface area (Å²) in [6, 6.07) is 11.4. The van der Waals surface area contributed by atoms with E-state index in [0.717, 1.165) is 21.3 Å². The molecule has 1 aromatic carbocycles. The van der Waals surface area contributed by atoms with Crippen LogP contribution >= 0.6 is 0 Å². The van der Waals surface area contributed by atoms with Gasteiger partial charge in [0.1, 0.15) is 0 Å². The summed E-state index contributed by atoms with van der Waals surface area (Å²) in [5.74, 6) is -0.921. The number of hydrogen-bond acceptors (Lipinski definition) is 4. The van der Waals surface area contributed by atoms with Crippen molar-refractivity contribution in [3.63, 3.8) is 0 Å². The second-order valence-corrected chi connectivity index (χ2v) is 6.94. The van der Waals surface area contributed by atoms with Gasteiger partial charge in [0, 0.05) is 0 Å². The molecule has 5 nitrogen and oxygen atoms in total. The number of nitrogens with zero attached hydrogens (tertiary/aromatic N) is 3. The summed E-state index contributed by atoms with van der Waals surface area (Å²) >= 11 is -0.346. The van der Waals surface area contributed by atoms with Gasteiger partial charge in [0.05, 0.1) is 0 Å². The predicted octanol–water partition coefficient (Wildman–Crippen LogP) is 2.75. The van der Waals surface area contributed by atoms with E-state index in [2.05, 4.69) is 16.0 Å². The van der Waals surface area contributed by atoms with Crippen molar-refractivity contribution in [2.75, 3.05) is 0 Å². The first-order valence-electron chi connectivity index (χ1n) is 6.76. The number of benzene rings is 1. The maximum absolute atomic E-state index is 11.2. The molecule has 0 aliphatic heterocycles. The van der Waals surface area contributed by atoms with Gasteiger partial charge in [-0.05, 0) is 0 Å². The van der Waals surface area contributed by atoms with Crippen molar-refractivity contribution in [2.45, 2.75) is 6.92 Å². The molecule has 0 aliphatic carbocycles. The fraction of sp³-hybridized carbons (Fsp3) is 0.0588. The Morgan fingerprint density at radius 2 is 1.96 bits per heavy atom. The fourth-order valence-electron chi connectivity index (χ4n) is 2.27. The molecule has 1 N–H and O–H groups in total. The number of aryl methyl sites for hydroxylation is 1. The Bertz CT molecular complexity index is 927. The molecule has 3 aromatic rings. The third-order valence-corrected chi connectivity index (χ3v) is 5.88. The topological polar surface area (TPSA) is 86.9 Å². The van der Waals surface area contributed by atoms with Crippen molar-refractivity contribution in [1.82, 2.24) is 9.97 Å². The Morgan fingerprint density at radius 1 is 1.22 bits per heavy atom. The van der Waals surface area contributed by atoms with Crippen LogP contribution in [-0.4, -0.2) is 35.5 Å². The van der Waals surface area contributed by atoms with Crippen molar-refractivity contribution >= 4 is 20.5 Å². The molecular weight excluding hydrogens is 357 g/mol. The first-order valence-corrected chi connectivity index (χ1v) is 8.47.